The maximum atomic E-state index is 10.1. The maximum absolute atomic E-state index is 10.1. The molecule has 1 atom stereocenters. The Kier molecular flexibility index (Phi) is 5.41. The van der Waals surface area contributed by atoms with Crippen LogP contribution in [0.4, 0.5) is 0 Å². The Labute approximate surface area is 144 Å². The predicted octanol–water partition coefficient (Wildman–Crippen LogP) is 4.29. The van der Waals surface area contributed by atoms with Crippen LogP contribution in [0, 0.1) is 0 Å². The van der Waals surface area contributed by atoms with Gasteiger partial charge in [-0.25, -0.2) is 0 Å². The number of thiophene rings is 1. The summed E-state index contributed by atoms with van der Waals surface area (Å²) in [6.45, 7) is 1.24. The molecule has 2 N–H and O–H groups in total. The van der Waals surface area contributed by atoms with Crippen molar-refractivity contribution in [2.24, 2.45) is 0 Å². The number of hydrogen-bond donors (Lipinski definition) is 2. The number of aliphatic hydroxyl groups is 1. The average Bonchev–Trinajstić information content (AvgIpc) is 3.04. The highest BCUT2D eigenvalue weighted by atomic mass is 35.5. The summed E-state index contributed by atoms with van der Waals surface area (Å²) in [5.41, 5.74) is 2.00. The van der Waals surface area contributed by atoms with Crippen molar-refractivity contribution in [1.82, 2.24) is 10.3 Å². The first kappa shape index (κ1) is 16.1. The zero-order valence-corrected chi connectivity index (χ0v) is 14.0. The Hall–Kier alpha value is -1.72. The molecule has 118 valence electrons. The van der Waals surface area contributed by atoms with Crippen LogP contribution in [0.3, 0.4) is 0 Å². The lowest BCUT2D eigenvalue weighted by Gasteiger charge is -2.11. The first-order valence-corrected chi connectivity index (χ1v) is 8.55. The molecule has 0 radical (unpaired) electrons. The maximum Gasteiger partial charge on any atom is 0.0915 e. The minimum Gasteiger partial charge on any atom is -0.387 e. The fraction of sp³-hybridized carbons (Fsp3) is 0.167. The fourth-order valence-corrected chi connectivity index (χ4v) is 3.47. The Morgan fingerprint density at radius 1 is 1.13 bits per heavy atom. The van der Waals surface area contributed by atoms with Crippen LogP contribution in [0.25, 0.3) is 10.4 Å². The van der Waals surface area contributed by atoms with Crippen LogP contribution in [0.5, 0.6) is 0 Å². The smallest absolute Gasteiger partial charge is 0.0915 e. The first-order chi connectivity index (χ1) is 11.2. The number of hydrogen-bond acceptors (Lipinski definition) is 4. The summed E-state index contributed by atoms with van der Waals surface area (Å²) in [6, 6.07) is 15.7. The van der Waals surface area contributed by atoms with Gasteiger partial charge in [0.05, 0.1) is 6.10 Å². The van der Waals surface area contributed by atoms with Crippen LogP contribution in [0.1, 0.15) is 16.5 Å². The van der Waals surface area contributed by atoms with Gasteiger partial charge in [-0.2, -0.15) is 0 Å². The minimum absolute atomic E-state index is 0.508. The SMILES string of the molecule is OC(CNCc1ccc(-c2cccc(Cl)c2)s1)c1ccncc1. The van der Waals surface area contributed by atoms with E-state index in [9.17, 15) is 5.11 Å². The summed E-state index contributed by atoms with van der Waals surface area (Å²) < 4.78 is 0. The number of nitrogens with zero attached hydrogens (tertiary/aromatic N) is 1. The number of rotatable bonds is 6. The van der Waals surface area contributed by atoms with Gasteiger partial charge in [0.2, 0.25) is 0 Å². The highest BCUT2D eigenvalue weighted by Gasteiger charge is 2.07. The highest BCUT2D eigenvalue weighted by Crippen LogP contribution is 2.29. The van der Waals surface area contributed by atoms with Gasteiger partial charge in [0.25, 0.3) is 0 Å². The third kappa shape index (κ3) is 4.39. The molecule has 23 heavy (non-hydrogen) atoms. The molecule has 0 fully saturated rings. The van der Waals surface area contributed by atoms with Gasteiger partial charge < -0.3 is 10.4 Å². The van der Waals surface area contributed by atoms with E-state index in [0.29, 0.717) is 6.54 Å². The molecule has 0 aliphatic rings. The molecule has 0 amide bonds. The average molecular weight is 345 g/mol. The minimum atomic E-state index is -0.523. The van der Waals surface area contributed by atoms with Gasteiger partial charge in [-0.3, -0.25) is 4.98 Å². The summed E-state index contributed by atoms with van der Waals surface area (Å²) in [6.07, 6.45) is 2.86. The second kappa shape index (κ2) is 7.70. The molecule has 0 aliphatic carbocycles. The van der Waals surface area contributed by atoms with Gasteiger partial charge in [-0.1, -0.05) is 23.7 Å². The van der Waals surface area contributed by atoms with Gasteiger partial charge in [0.15, 0.2) is 0 Å². The zero-order chi connectivity index (χ0) is 16.1. The normalized spacial score (nSPS) is 12.3. The van der Waals surface area contributed by atoms with E-state index >= 15 is 0 Å². The van der Waals surface area contributed by atoms with E-state index in [1.807, 2.05) is 30.3 Å². The Morgan fingerprint density at radius 2 is 1.96 bits per heavy atom. The first-order valence-electron chi connectivity index (χ1n) is 7.36. The number of nitrogens with one attached hydrogen (secondary N) is 1. The Bertz CT molecular complexity index is 760. The van der Waals surface area contributed by atoms with Gasteiger partial charge in [0.1, 0.15) is 0 Å². The standard InChI is InChI=1S/C18H17ClN2OS/c19-15-3-1-2-14(10-15)18-5-4-16(23-18)11-21-12-17(22)13-6-8-20-9-7-13/h1-10,17,21-22H,11-12H2. The lowest BCUT2D eigenvalue weighted by molar-refractivity contribution is 0.174. The molecule has 2 heterocycles. The number of aromatic nitrogens is 1. The lowest BCUT2D eigenvalue weighted by Crippen LogP contribution is -2.20. The molecule has 1 unspecified atom stereocenters. The van der Waals surface area contributed by atoms with Crippen molar-refractivity contribution in [3.63, 3.8) is 0 Å². The van der Waals surface area contributed by atoms with E-state index < -0.39 is 6.10 Å². The van der Waals surface area contributed by atoms with Gasteiger partial charge in [-0.05, 0) is 47.5 Å². The van der Waals surface area contributed by atoms with Crippen molar-refractivity contribution in [1.29, 1.82) is 0 Å². The highest BCUT2D eigenvalue weighted by molar-refractivity contribution is 7.15. The van der Waals surface area contributed by atoms with Crippen molar-refractivity contribution in [2.75, 3.05) is 6.54 Å². The van der Waals surface area contributed by atoms with Crippen LogP contribution >= 0.6 is 22.9 Å². The lowest BCUT2D eigenvalue weighted by atomic mass is 10.1. The van der Waals surface area contributed by atoms with Gasteiger partial charge >= 0.3 is 0 Å². The summed E-state index contributed by atoms with van der Waals surface area (Å²) >= 11 is 7.77. The molecule has 3 aromatic rings. The molecule has 2 aromatic heterocycles. The Morgan fingerprint density at radius 3 is 2.74 bits per heavy atom. The molecule has 0 saturated heterocycles. The van der Waals surface area contributed by atoms with Crippen LogP contribution < -0.4 is 5.32 Å². The zero-order valence-electron chi connectivity index (χ0n) is 12.4. The van der Waals surface area contributed by atoms with E-state index in [2.05, 4.69) is 28.5 Å². The fourth-order valence-electron chi connectivity index (χ4n) is 2.31. The van der Waals surface area contributed by atoms with Gasteiger partial charge in [0, 0.05) is 40.3 Å². The second-order valence-corrected chi connectivity index (χ2v) is 6.81. The molecule has 0 spiro atoms. The molecule has 3 nitrogen and oxygen atoms in total. The molecule has 0 saturated carbocycles. The molecule has 1 aromatic carbocycles. The van der Waals surface area contributed by atoms with Crippen molar-refractivity contribution in [3.05, 3.63) is 76.4 Å². The van der Waals surface area contributed by atoms with E-state index in [0.717, 1.165) is 22.7 Å². The number of pyridine rings is 1. The van der Waals surface area contributed by atoms with E-state index in [-0.39, 0.29) is 0 Å². The summed E-state index contributed by atoms with van der Waals surface area (Å²) in [4.78, 5) is 6.37. The topological polar surface area (TPSA) is 45.1 Å². The second-order valence-electron chi connectivity index (χ2n) is 5.20. The van der Waals surface area contributed by atoms with Crippen molar-refractivity contribution in [3.8, 4) is 10.4 Å². The van der Waals surface area contributed by atoms with E-state index in [1.54, 1.807) is 23.7 Å². The molecular weight excluding hydrogens is 328 g/mol. The third-order valence-corrected chi connectivity index (χ3v) is 4.87. The molecule has 0 aliphatic heterocycles. The number of aliphatic hydroxyl groups excluding tert-OH is 1. The largest absolute Gasteiger partial charge is 0.387 e. The van der Waals surface area contributed by atoms with Crippen molar-refractivity contribution in [2.45, 2.75) is 12.6 Å². The predicted molar refractivity (Wildman–Crippen MR) is 95.7 cm³/mol. The number of benzene rings is 1. The van der Waals surface area contributed by atoms with E-state index in [4.69, 9.17) is 11.6 Å². The quantitative estimate of drug-likeness (QED) is 0.701. The number of halogens is 1. The van der Waals surface area contributed by atoms with Crippen LogP contribution in [0.2, 0.25) is 5.02 Å². The van der Waals surface area contributed by atoms with Crippen molar-refractivity contribution >= 4 is 22.9 Å². The van der Waals surface area contributed by atoms with Crippen molar-refractivity contribution < 1.29 is 5.11 Å². The summed E-state index contributed by atoms with van der Waals surface area (Å²) in [7, 11) is 0. The molecule has 0 bridgehead atoms. The molecule has 3 rings (SSSR count). The Balaban J connectivity index is 1.55. The van der Waals surface area contributed by atoms with Crippen LogP contribution in [-0.4, -0.2) is 16.6 Å². The summed E-state index contributed by atoms with van der Waals surface area (Å²) in [5, 5.41) is 14.1. The molecule has 5 heteroatoms. The third-order valence-electron chi connectivity index (χ3n) is 3.50. The van der Waals surface area contributed by atoms with Crippen LogP contribution in [-0.2, 0) is 6.54 Å². The molecular formula is C18H17ClN2OS. The van der Waals surface area contributed by atoms with Crippen LogP contribution in [0.15, 0.2) is 60.9 Å². The monoisotopic (exact) mass is 344 g/mol. The van der Waals surface area contributed by atoms with Gasteiger partial charge in [-0.15, -0.1) is 11.3 Å². The van der Waals surface area contributed by atoms with E-state index in [1.165, 1.54) is 9.75 Å². The summed E-state index contributed by atoms with van der Waals surface area (Å²) in [5.74, 6) is 0.